The van der Waals surface area contributed by atoms with Gasteiger partial charge in [0.1, 0.15) is 12.3 Å². The first-order chi connectivity index (χ1) is 15.2. The van der Waals surface area contributed by atoms with E-state index >= 15 is 0 Å². The summed E-state index contributed by atoms with van der Waals surface area (Å²) in [6, 6.07) is 5.75. The summed E-state index contributed by atoms with van der Waals surface area (Å²) in [5, 5.41) is 2.62. The predicted molar refractivity (Wildman–Crippen MR) is 116 cm³/mol. The van der Waals surface area contributed by atoms with Crippen LogP contribution in [0.2, 0.25) is 0 Å². The summed E-state index contributed by atoms with van der Waals surface area (Å²) in [4.78, 5) is 21.3. The van der Waals surface area contributed by atoms with Gasteiger partial charge < -0.3 is 10.1 Å². The maximum absolute atomic E-state index is 13.7. The Labute approximate surface area is 185 Å². The quantitative estimate of drug-likeness (QED) is 0.596. The fourth-order valence-corrected chi connectivity index (χ4v) is 4.00. The Balaban J connectivity index is 1.85. The van der Waals surface area contributed by atoms with Crippen molar-refractivity contribution in [1.82, 2.24) is 9.97 Å². The number of alkyl halides is 2. The number of allylic oxidation sites excluding steroid dienone is 1. The second-order valence-electron chi connectivity index (χ2n) is 7.68. The number of benzene rings is 1. The minimum Gasteiger partial charge on any atom is -0.477 e. The maximum atomic E-state index is 13.7. The topological polar surface area (TPSA) is 98.2 Å². The van der Waals surface area contributed by atoms with E-state index in [0.29, 0.717) is 18.1 Å². The van der Waals surface area contributed by atoms with Crippen molar-refractivity contribution < 1.29 is 26.7 Å². The molecule has 10 heteroatoms. The molecule has 1 amide bonds. The number of aromatic nitrogens is 2. The summed E-state index contributed by atoms with van der Waals surface area (Å²) < 4.78 is 56.2. The zero-order valence-corrected chi connectivity index (χ0v) is 18.6. The number of amides is 1. The lowest BCUT2D eigenvalue weighted by Crippen LogP contribution is -2.16. The summed E-state index contributed by atoms with van der Waals surface area (Å²) in [7, 11) is -3.41. The fraction of sp³-hybridized carbons (Fsp3) is 0.409. The third-order valence-corrected chi connectivity index (χ3v) is 6.14. The molecule has 0 radical (unpaired) electrons. The molecular weight excluding hydrogens is 440 g/mol. The van der Waals surface area contributed by atoms with Crippen LogP contribution >= 0.6 is 0 Å². The van der Waals surface area contributed by atoms with Gasteiger partial charge in [-0.2, -0.15) is 0 Å². The zero-order chi connectivity index (χ0) is 23.3. The molecule has 32 heavy (non-hydrogen) atoms. The number of carbonyl (C=O) groups is 1. The summed E-state index contributed by atoms with van der Waals surface area (Å²) in [5.41, 5.74) is 0.591. The lowest BCUT2D eigenvalue weighted by molar-refractivity contribution is -0.111. The Bertz CT molecular complexity index is 1060. The highest BCUT2D eigenvalue weighted by atomic mass is 32.2. The molecule has 1 unspecified atom stereocenters. The van der Waals surface area contributed by atoms with E-state index in [2.05, 4.69) is 15.3 Å². The highest BCUT2D eigenvalue weighted by Crippen LogP contribution is 2.34. The lowest BCUT2D eigenvalue weighted by atomic mass is 9.98. The molecule has 1 fully saturated rings. The van der Waals surface area contributed by atoms with Crippen molar-refractivity contribution in [1.29, 1.82) is 0 Å². The van der Waals surface area contributed by atoms with E-state index in [4.69, 9.17) is 4.74 Å². The van der Waals surface area contributed by atoms with E-state index in [1.54, 1.807) is 0 Å². The third kappa shape index (κ3) is 6.09. The van der Waals surface area contributed by atoms with Gasteiger partial charge in [0.2, 0.25) is 5.88 Å². The summed E-state index contributed by atoms with van der Waals surface area (Å²) in [5.74, 6) is -0.515. The van der Waals surface area contributed by atoms with E-state index in [9.17, 15) is 22.0 Å². The lowest BCUT2D eigenvalue weighted by Gasteiger charge is -2.12. The highest BCUT2D eigenvalue weighted by molar-refractivity contribution is 7.90. The number of nitrogens with zero attached hydrogens (tertiary/aromatic N) is 2. The standard InChI is InChI=1S/C22H25F2N3O4S/c1-3-8-31-21-13-25-20(12-26-21)27-22(28)17(9-14-10-18(23)19(24)11-14)15-4-6-16(7-5-15)32(2,29)30/h4-7,9,12-14,18-19H,3,8,10-11H2,1-2H3,(H,25,27,28)/b17-9+/t14?,18-,19+. The molecule has 7 nitrogen and oxygen atoms in total. The largest absolute Gasteiger partial charge is 0.477 e. The molecule has 1 aliphatic rings. The van der Waals surface area contributed by atoms with E-state index in [-0.39, 0.29) is 29.1 Å². The molecule has 0 bridgehead atoms. The summed E-state index contributed by atoms with van der Waals surface area (Å²) in [6.45, 7) is 2.45. The average Bonchev–Trinajstić information content (AvgIpc) is 3.08. The van der Waals surface area contributed by atoms with E-state index in [0.717, 1.165) is 12.7 Å². The van der Waals surface area contributed by atoms with Crippen LogP contribution in [0, 0.1) is 5.92 Å². The summed E-state index contributed by atoms with van der Waals surface area (Å²) >= 11 is 0. The molecule has 1 saturated carbocycles. The summed E-state index contributed by atoms with van der Waals surface area (Å²) in [6.07, 6.45) is 2.96. The van der Waals surface area contributed by atoms with Gasteiger partial charge in [0.15, 0.2) is 15.7 Å². The minimum absolute atomic E-state index is 0.0252. The van der Waals surface area contributed by atoms with Crippen molar-refractivity contribution in [3.63, 3.8) is 0 Å². The molecule has 1 aromatic carbocycles. The number of anilines is 1. The molecule has 0 aliphatic heterocycles. The van der Waals surface area contributed by atoms with Crippen LogP contribution in [0.1, 0.15) is 31.7 Å². The van der Waals surface area contributed by atoms with Crippen molar-refractivity contribution in [3.05, 3.63) is 48.3 Å². The van der Waals surface area contributed by atoms with Gasteiger partial charge in [0, 0.05) is 11.8 Å². The van der Waals surface area contributed by atoms with Crippen molar-refractivity contribution >= 4 is 27.1 Å². The van der Waals surface area contributed by atoms with Gasteiger partial charge in [-0.3, -0.25) is 4.79 Å². The van der Waals surface area contributed by atoms with Crippen LogP contribution in [0.15, 0.2) is 47.6 Å². The van der Waals surface area contributed by atoms with Crippen molar-refractivity contribution in [2.75, 3.05) is 18.2 Å². The molecular formula is C22H25F2N3O4S. The molecule has 2 aromatic rings. The van der Waals surface area contributed by atoms with Crippen molar-refractivity contribution in [2.24, 2.45) is 5.92 Å². The van der Waals surface area contributed by atoms with Crippen LogP contribution in [-0.4, -0.2) is 49.5 Å². The van der Waals surface area contributed by atoms with Gasteiger partial charge in [-0.1, -0.05) is 25.1 Å². The van der Waals surface area contributed by atoms with Gasteiger partial charge >= 0.3 is 0 Å². The Kier molecular flexibility index (Phi) is 7.55. The van der Waals surface area contributed by atoms with Crippen LogP contribution in [0.25, 0.3) is 5.57 Å². The SMILES string of the molecule is CCCOc1cnc(NC(=O)/C(=C/C2C[C@@H](F)[C@@H](F)C2)c2ccc(S(C)(=O)=O)cc2)cn1. The zero-order valence-electron chi connectivity index (χ0n) is 17.8. The van der Waals surface area contributed by atoms with Gasteiger partial charge in [0.05, 0.1) is 23.9 Å². The van der Waals surface area contributed by atoms with Crippen molar-refractivity contribution in [3.8, 4) is 5.88 Å². The Morgan fingerprint density at radius 3 is 2.34 bits per heavy atom. The van der Waals surface area contributed by atoms with Crippen LogP contribution in [-0.2, 0) is 14.6 Å². The first-order valence-electron chi connectivity index (χ1n) is 10.2. The molecule has 0 saturated heterocycles. The monoisotopic (exact) mass is 465 g/mol. The van der Waals surface area contributed by atoms with Crippen molar-refractivity contribution in [2.45, 2.75) is 43.4 Å². The van der Waals surface area contributed by atoms with Crippen LogP contribution in [0.4, 0.5) is 14.6 Å². The van der Waals surface area contributed by atoms with E-state index in [1.807, 2.05) is 6.92 Å². The normalized spacial score (nSPS) is 21.4. The second-order valence-corrected chi connectivity index (χ2v) is 9.70. The second kappa shape index (κ2) is 10.2. The van der Waals surface area contributed by atoms with Crippen LogP contribution in [0.3, 0.4) is 0 Å². The number of sulfone groups is 1. The minimum atomic E-state index is -3.41. The average molecular weight is 466 g/mol. The number of hydrogen-bond donors (Lipinski definition) is 1. The predicted octanol–water partition coefficient (Wildman–Crippen LogP) is 3.78. The number of nitrogens with one attached hydrogen (secondary N) is 1. The molecule has 172 valence electrons. The number of ether oxygens (including phenoxy) is 1. The molecule has 3 rings (SSSR count). The van der Waals surface area contributed by atoms with Crippen LogP contribution in [0.5, 0.6) is 5.88 Å². The molecule has 1 heterocycles. The van der Waals surface area contributed by atoms with Gasteiger partial charge in [-0.25, -0.2) is 27.2 Å². The molecule has 1 aliphatic carbocycles. The molecule has 0 spiro atoms. The molecule has 3 atom stereocenters. The Hall–Kier alpha value is -2.88. The first kappa shape index (κ1) is 23.8. The Morgan fingerprint density at radius 1 is 1.16 bits per heavy atom. The first-order valence-corrected chi connectivity index (χ1v) is 12.1. The Morgan fingerprint density at radius 2 is 1.81 bits per heavy atom. The van der Waals surface area contributed by atoms with Gasteiger partial charge in [0.25, 0.3) is 5.91 Å². The van der Waals surface area contributed by atoms with E-state index in [1.165, 1.54) is 42.7 Å². The van der Waals surface area contributed by atoms with E-state index < -0.39 is 34.0 Å². The smallest absolute Gasteiger partial charge is 0.257 e. The maximum Gasteiger partial charge on any atom is 0.257 e. The third-order valence-electron chi connectivity index (χ3n) is 5.01. The van der Waals surface area contributed by atoms with Crippen LogP contribution < -0.4 is 10.1 Å². The number of carbonyl (C=O) groups excluding carboxylic acids is 1. The molecule has 1 N–H and O–H groups in total. The molecule has 1 aromatic heterocycles. The number of halogens is 2. The van der Waals surface area contributed by atoms with Gasteiger partial charge in [-0.15, -0.1) is 0 Å². The highest BCUT2D eigenvalue weighted by Gasteiger charge is 2.34. The number of rotatable bonds is 8. The van der Waals surface area contributed by atoms with Gasteiger partial charge in [-0.05, 0) is 42.9 Å². The number of hydrogen-bond acceptors (Lipinski definition) is 6. The fourth-order valence-electron chi connectivity index (χ4n) is 3.37.